The van der Waals surface area contributed by atoms with Crippen LogP contribution in [0.25, 0.3) is 0 Å². The van der Waals surface area contributed by atoms with Gasteiger partial charge >= 0.3 is 11.8 Å². The van der Waals surface area contributed by atoms with Gasteiger partial charge in [-0.15, -0.1) is 0 Å². The van der Waals surface area contributed by atoms with Crippen LogP contribution in [0.4, 0.5) is 0 Å². The van der Waals surface area contributed by atoms with Crippen LogP contribution in [0.1, 0.15) is 20.7 Å². The molecule has 3 nitrogen and oxygen atoms in total. The number of hydrogen-bond acceptors (Lipinski definition) is 2. The van der Waals surface area contributed by atoms with Crippen molar-refractivity contribution in [1.29, 1.82) is 0 Å². The highest BCUT2D eigenvalue weighted by Gasteiger charge is 2.46. The minimum absolute atomic E-state index is 0.124. The number of amides is 2. The van der Waals surface area contributed by atoms with Gasteiger partial charge in [-0.1, -0.05) is 12.1 Å². The van der Waals surface area contributed by atoms with Crippen LogP contribution in [0.3, 0.4) is 0 Å². The lowest BCUT2D eigenvalue weighted by molar-refractivity contribution is -0.716. The Hall–Kier alpha value is -1.48. The first-order chi connectivity index (χ1) is 6.05. The van der Waals surface area contributed by atoms with Crippen molar-refractivity contribution in [3.05, 3.63) is 35.4 Å². The van der Waals surface area contributed by atoms with Crippen LogP contribution in [0.5, 0.6) is 0 Å². The molecule has 0 fully saturated rings. The second kappa shape index (κ2) is 2.26. The Kier molecular flexibility index (Phi) is 1.42. The van der Waals surface area contributed by atoms with Gasteiger partial charge in [-0.2, -0.15) is 4.48 Å². The Morgan fingerprint density at radius 1 is 0.923 bits per heavy atom. The SMILES string of the molecule is C[N+]1(C)C(=O)c2ccccc2C1=O. The monoisotopic (exact) mass is 176 g/mol. The summed E-state index contributed by atoms with van der Waals surface area (Å²) in [4.78, 5) is 23.4. The summed E-state index contributed by atoms with van der Waals surface area (Å²) in [6, 6.07) is 6.94. The van der Waals surface area contributed by atoms with Crippen molar-refractivity contribution in [1.82, 2.24) is 0 Å². The summed E-state index contributed by atoms with van der Waals surface area (Å²) in [5.74, 6) is -0.249. The predicted molar refractivity (Wildman–Crippen MR) is 47.2 cm³/mol. The van der Waals surface area contributed by atoms with Gasteiger partial charge in [0.15, 0.2) is 0 Å². The summed E-state index contributed by atoms with van der Waals surface area (Å²) in [6.45, 7) is 0. The minimum Gasteiger partial charge on any atom is -0.225 e. The molecule has 0 bridgehead atoms. The van der Waals surface area contributed by atoms with Crippen LogP contribution in [-0.2, 0) is 0 Å². The number of nitrogens with zero attached hydrogens (tertiary/aromatic N) is 1. The first-order valence-corrected chi connectivity index (χ1v) is 4.08. The number of carbonyl (C=O) groups excluding carboxylic acids is 2. The Bertz CT molecular complexity index is 370. The summed E-state index contributed by atoms with van der Waals surface area (Å²) < 4.78 is -0.195. The van der Waals surface area contributed by atoms with E-state index in [1.165, 1.54) is 0 Å². The van der Waals surface area contributed by atoms with Crippen molar-refractivity contribution >= 4 is 11.8 Å². The molecule has 2 rings (SSSR count). The molecule has 1 aromatic carbocycles. The van der Waals surface area contributed by atoms with E-state index in [2.05, 4.69) is 0 Å². The lowest BCUT2D eigenvalue weighted by atomic mass is 10.1. The van der Waals surface area contributed by atoms with E-state index in [9.17, 15) is 9.59 Å². The van der Waals surface area contributed by atoms with E-state index >= 15 is 0 Å². The normalized spacial score (nSPS) is 18.9. The molecule has 0 saturated carbocycles. The van der Waals surface area contributed by atoms with E-state index in [0.29, 0.717) is 11.1 Å². The predicted octanol–water partition coefficient (Wildman–Crippen LogP) is 1.06. The molecular formula is C10H10NO2+. The summed E-state index contributed by atoms with van der Waals surface area (Å²) in [5, 5.41) is 0. The maximum atomic E-state index is 11.7. The second-order valence-corrected chi connectivity index (χ2v) is 3.61. The Labute approximate surface area is 76.2 Å². The summed E-state index contributed by atoms with van der Waals surface area (Å²) in [6.07, 6.45) is 0. The highest BCUT2D eigenvalue weighted by atomic mass is 16.2. The molecule has 0 atom stereocenters. The van der Waals surface area contributed by atoms with Gasteiger partial charge in [-0.3, -0.25) is 0 Å². The number of quaternary nitrogens is 1. The third-order valence-electron chi connectivity index (χ3n) is 2.40. The molecule has 0 spiro atoms. The van der Waals surface area contributed by atoms with Crippen molar-refractivity contribution in [2.24, 2.45) is 0 Å². The van der Waals surface area contributed by atoms with E-state index < -0.39 is 0 Å². The standard InChI is InChI=1S/C10H10NO2/c1-11(2)9(12)7-5-3-4-6-8(7)10(11)13/h3-6H,1-2H3/q+1. The molecule has 0 aliphatic carbocycles. The number of fused-ring (bicyclic) bond motifs is 1. The molecule has 0 N–H and O–H groups in total. The maximum absolute atomic E-state index is 11.7. The van der Waals surface area contributed by atoms with Gasteiger partial charge in [0.1, 0.15) is 0 Å². The zero-order valence-corrected chi connectivity index (χ0v) is 7.57. The van der Waals surface area contributed by atoms with E-state index in [1.54, 1.807) is 38.4 Å². The van der Waals surface area contributed by atoms with E-state index in [4.69, 9.17) is 0 Å². The highest BCUT2D eigenvalue weighted by Crippen LogP contribution is 2.25. The number of imide groups is 1. The van der Waals surface area contributed by atoms with Gasteiger partial charge in [0.2, 0.25) is 0 Å². The fourth-order valence-electron chi connectivity index (χ4n) is 1.55. The fourth-order valence-corrected chi connectivity index (χ4v) is 1.55. The molecule has 0 aromatic heterocycles. The van der Waals surface area contributed by atoms with Gasteiger partial charge in [0.05, 0.1) is 25.2 Å². The van der Waals surface area contributed by atoms with Gasteiger partial charge in [0.25, 0.3) is 0 Å². The molecular weight excluding hydrogens is 166 g/mol. The van der Waals surface area contributed by atoms with E-state index in [1.807, 2.05) is 0 Å². The molecule has 0 radical (unpaired) electrons. The lowest BCUT2D eigenvalue weighted by Crippen LogP contribution is -2.44. The largest absolute Gasteiger partial charge is 0.354 e. The first-order valence-electron chi connectivity index (χ1n) is 4.08. The number of benzene rings is 1. The summed E-state index contributed by atoms with van der Waals surface area (Å²) in [7, 11) is 3.23. The average molecular weight is 176 g/mol. The topological polar surface area (TPSA) is 34.1 Å². The average Bonchev–Trinajstić information content (AvgIpc) is 2.30. The van der Waals surface area contributed by atoms with Crippen molar-refractivity contribution in [2.45, 2.75) is 0 Å². The van der Waals surface area contributed by atoms with Crippen LogP contribution in [0.15, 0.2) is 24.3 Å². The first kappa shape index (κ1) is 8.13. The molecule has 1 aliphatic rings. The summed E-state index contributed by atoms with van der Waals surface area (Å²) in [5.41, 5.74) is 1.08. The van der Waals surface area contributed by atoms with Crippen LogP contribution in [-0.4, -0.2) is 30.4 Å². The lowest BCUT2D eigenvalue weighted by Gasteiger charge is -2.15. The molecule has 2 amide bonds. The Morgan fingerprint density at radius 3 is 1.69 bits per heavy atom. The molecule has 13 heavy (non-hydrogen) atoms. The van der Waals surface area contributed by atoms with Crippen LogP contribution < -0.4 is 0 Å². The third-order valence-corrected chi connectivity index (χ3v) is 2.40. The Balaban J connectivity index is 2.71. The van der Waals surface area contributed by atoms with Crippen LogP contribution in [0.2, 0.25) is 0 Å². The smallest absolute Gasteiger partial charge is 0.225 e. The molecule has 0 unspecified atom stereocenters. The van der Waals surface area contributed by atoms with Crippen molar-refractivity contribution < 1.29 is 14.1 Å². The Morgan fingerprint density at radius 2 is 1.31 bits per heavy atom. The second-order valence-electron chi connectivity index (χ2n) is 3.61. The highest BCUT2D eigenvalue weighted by molar-refractivity contribution is 6.13. The molecule has 66 valence electrons. The van der Waals surface area contributed by atoms with Crippen molar-refractivity contribution in [3.63, 3.8) is 0 Å². The molecule has 1 aromatic rings. The van der Waals surface area contributed by atoms with Gasteiger partial charge < -0.3 is 0 Å². The molecule has 1 aliphatic heterocycles. The van der Waals surface area contributed by atoms with E-state index in [0.717, 1.165) is 0 Å². The van der Waals surface area contributed by atoms with Gasteiger partial charge in [-0.05, 0) is 12.1 Å². The quantitative estimate of drug-likeness (QED) is 0.437. The van der Waals surface area contributed by atoms with Gasteiger partial charge in [0, 0.05) is 0 Å². The van der Waals surface area contributed by atoms with Crippen molar-refractivity contribution in [3.8, 4) is 0 Å². The molecule has 0 saturated heterocycles. The number of carbonyl (C=O) groups is 2. The molecule has 3 heteroatoms. The zero-order chi connectivity index (χ0) is 9.64. The number of rotatable bonds is 0. The van der Waals surface area contributed by atoms with Crippen LogP contribution in [0, 0.1) is 0 Å². The maximum Gasteiger partial charge on any atom is 0.354 e. The molecule has 1 heterocycles. The summed E-state index contributed by atoms with van der Waals surface area (Å²) >= 11 is 0. The third kappa shape index (κ3) is 0.876. The van der Waals surface area contributed by atoms with E-state index in [-0.39, 0.29) is 16.3 Å². The minimum atomic E-state index is -0.195. The van der Waals surface area contributed by atoms with Crippen molar-refractivity contribution in [2.75, 3.05) is 14.1 Å². The van der Waals surface area contributed by atoms with Gasteiger partial charge in [-0.25, -0.2) is 9.59 Å². The zero-order valence-electron chi connectivity index (χ0n) is 7.57. The number of hydrogen-bond donors (Lipinski definition) is 0. The van der Waals surface area contributed by atoms with Crippen LogP contribution >= 0.6 is 0 Å². The fraction of sp³-hybridized carbons (Fsp3) is 0.200.